The lowest BCUT2D eigenvalue weighted by Crippen LogP contribution is -2.45. The number of carbonyl (C=O) groups excluding carboxylic acids is 1. The van der Waals surface area contributed by atoms with Crippen molar-refractivity contribution in [3.63, 3.8) is 0 Å². The smallest absolute Gasteiger partial charge is 0.227 e. The summed E-state index contributed by atoms with van der Waals surface area (Å²) in [5, 5.41) is 4.13. The molecule has 0 bridgehead atoms. The molecule has 5 nitrogen and oxygen atoms in total. The van der Waals surface area contributed by atoms with Gasteiger partial charge in [-0.15, -0.1) is 0 Å². The summed E-state index contributed by atoms with van der Waals surface area (Å²) in [6, 6.07) is 7.76. The summed E-state index contributed by atoms with van der Waals surface area (Å²) in [5.74, 6) is 0.910. The number of rotatable bonds is 3. The van der Waals surface area contributed by atoms with E-state index in [9.17, 15) is 4.79 Å². The second kappa shape index (κ2) is 5.60. The third-order valence-corrected chi connectivity index (χ3v) is 3.70. The van der Waals surface area contributed by atoms with E-state index in [1.807, 2.05) is 55.5 Å². The van der Waals surface area contributed by atoms with Crippen LogP contribution in [-0.2, 0) is 18.3 Å². The van der Waals surface area contributed by atoms with E-state index >= 15 is 0 Å². The number of carbonyl (C=O) groups is 1. The number of ether oxygens (including phenoxy) is 1. The molecule has 1 aromatic heterocycles. The monoisotopic (exact) mass is 285 g/mol. The SMILES string of the molecule is CC1COc2ccccc2N1C(=O)CCc1cnn(C)c1. The molecule has 0 aliphatic carbocycles. The van der Waals surface area contributed by atoms with E-state index < -0.39 is 0 Å². The molecule has 1 aromatic carbocycles. The Morgan fingerprint density at radius 2 is 2.24 bits per heavy atom. The van der Waals surface area contributed by atoms with Gasteiger partial charge in [0.05, 0.1) is 17.9 Å². The molecule has 0 saturated heterocycles. The number of hydrogen-bond donors (Lipinski definition) is 0. The number of para-hydroxylation sites is 2. The minimum atomic E-state index is 0.0568. The highest BCUT2D eigenvalue weighted by Crippen LogP contribution is 2.33. The maximum atomic E-state index is 12.6. The van der Waals surface area contributed by atoms with Crippen molar-refractivity contribution in [3.8, 4) is 5.75 Å². The lowest BCUT2D eigenvalue weighted by molar-refractivity contribution is -0.119. The topological polar surface area (TPSA) is 47.4 Å². The Labute approximate surface area is 124 Å². The van der Waals surface area contributed by atoms with Crippen LogP contribution < -0.4 is 9.64 Å². The Morgan fingerprint density at radius 1 is 1.43 bits per heavy atom. The Bertz CT molecular complexity index is 650. The number of nitrogens with zero attached hydrogens (tertiary/aromatic N) is 3. The minimum Gasteiger partial charge on any atom is -0.489 e. The number of hydrogen-bond acceptors (Lipinski definition) is 3. The first-order chi connectivity index (χ1) is 10.1. The van der Waals surface area contributed by atoms with Crippen LogP contribution in [-0.4, -0.2) is 28.3 Å². The van der Waals surface area contributed by atoms with Crippen molar-refractivity contribution in [2.75, 3.05) is 11.5 Å². The number of fused-ring (bicyclic) bond motifs is 1. The number of anilines is 1. The van der Waals surface area contributed by atoms with Crippen molar-refractivity contribution in [1.29, 1.82) is 0 Å². The van der Waals surface area contributed by atoms with Gasteiger partial charge in [0.1, 0.15) is 12.4 Å². The summed E-state index contributed by atoms with van der Waals surface area (Å²) in [6.45, 7) is 2.55. The minimum absolute atomic E-state index is 0.0568. The molecule has 0 spiro atoms. The molecule has 5 heteroatoms. The molecule has 0 fully saturated rings. The zero-order valence-corrected chi connectivity index (χ0v) is 12.3. The first-order valence-corrected chi connectivity index (χ1v) is 7.16. The predicted octanol–water partition coefficient (Wildman–Crippen LogP) is 2.17. The fraction of sp³-hybridized carbons (Fsp3) is 0.375. The zero-order chi connectivity index (χ0) is 14.8. The molecule has 2 aromatic rings. The highest BCUT2D eigenvalue weighted by molar-refractivity contribution is 5.96. The summed E-state index contributed by atoms with van der Waals surface area (Å²) < 4.78 is 7.43. The van der Waals surface area contributed by atoms with Crippen LogP contribution in [0, 0.1) is 0 Å². The third kappa shape index (κ3) is 2.77. The maximum absolute atomic E-state index is 12.6. The fourth-order valence-electron chi connectivity index (χ4n) is 2.65. The van der Waals surface area contributed by atoms with E-state index in [1.165, 1.54) is 0 Å². The van der Waals surface area contributed by atoms with Crippen LogP contribution in [0.3, 0.4) is 0 Å². The van der Waals surface area contributed by atoms with Crippen LogP contribution in [0.1, 0.15) is 18.9 Å². The van der Waals surface area contributed by atoms with E-state index in [-0.39, 0.29) is 11.9 Å². The normalized spacial score (nSPS) is 17.2. The van der Waals surface area contributed by atoms with Gasteiger partial charge < -0.3 is 9.64 Å². The van der Waals surface area contributed by atoms with Crippen LogP contribution in [0.25, 0.3) is 0 Å². The summed E-state index contributed by atoms with van der Waals surface area (Å²) in [6.07, 6.45) is 4.94. The highest BCUT2D eigenvalue weighted by Gasteiger charge is 2.28. The molecular formula is C16H19N3O2. The van der Waals surface area contributed by atoms with E-state index in [0.29, 0.717) is 19.4 Å². The van der Waals surface area contributed by atoms with E-state index in [0.717, 1.165) is 17.0 Å². The van der Waals surface area contributed by atoms with E-state index in [4.69, 9.17) is 4.74 Å². The average molecular weight is 285 g/mol. The highest BCUT2D eigenvalue weighted by atomic mass is 16.5. The van der Waals surface area contributed by atoms with Crippen LogP contribution in [0.4, 0.5) is 5.69 Å². The average Bonchev–Trinajstić information content (AvgIpc) is 2.90. The fourth-order valence-corrected chi connectivity index (χ4v) is 2.65. The zero-order valence-electron chi connectivity index (χ0n) is 12.3. The van der Waals surface area contributed by atoms with Crippen molar-refractivity contribution < 1.29 is 9.53 Å². The van der Waals surface area contributed by atoms with Crippen molar-refractivity contribution in [2.24, 2.45) is 7.05 Å². The van der Waals surface area contributed by atoms with Crippen LogP contribution in [0.15, 0.2) is 36.7 Å². The van der Waals surface area contributed by atoms with Gasteiger partial charge in [-0.3, -0.25) is 9.48 Å². The molecule has 2 heterocycles. The summed E-state index contributed by atoms with van der Waals surface area (Å²) >= 11 is 0. The second-order valence-electron chi connectivity index (χ2n) is 5.41. The van der Waals surface area contributed by atoms with Gasteiger partial charge >= 0.3 is 0 Å². The van der Waals surface area contributed by atoms with Crippen LogP contribution >= 0.6 is 0 Å². The Morgan fingerprint density at radius 3 is 3.00 bits per heavy atom. The molecule has 1 unspecified atom stereocenters. The summed E-state index contributed by atoms with van der Waals surface area (Å²) in [7, 11) is 1.88. The first-order valence-electron chi connectivity index (χ1n) is 7.16. The van der Waals surface area contributed by atoms with Gasteiger partial charge in [-0.25, -0.2) is 0 Å². The molecule has 1 aliphatic heterocycles. The van der Waals surface area contributed by atoms with Gasteiger partial charge in [0.25, 0.3) is 0 Å². The van der Waals surface area contributed by atoms with Gasteiger partial charge in [-0.2, -0.15) is 5.10 Å². The predicted molar refractivity (Wildman–Crippen MR) is 80.4 cm³/mol. The number of benzene rings is 1. The Balaban J connectivity index is 1.74. The quantitative estimate of drug-likeness (QED) is 0.868. The van der Waals surface area contributed by atoms with Gasteiger partial charge in [0, 0.05) is 19.7 Å². The lowest BCUT2D eigenvalue weighted by atomic mass is 10.1. The third-order valence-electron chi connectivity index (χ3n) is 3.70. The van der Waals surface area contributed by atoms with Crippen LogP contribution in [0.2, 0.25) is 0 Å². The molecule has 1 amide bonds. The van der Waals surface area contributed by atoms with Crippen molar-refractivity contribution in [2.45, 2.75) is 25.8 Å². The number of amides is 1. The van der Waals surface area contributed by atoms with Crippen LogP contribution in [0.5, 0.6) is 5.75 Å². The van der Waals surface area contributed by atoms with Crippen molar-refractivity contribution in [1.82, 2.24) is 9.78 Å². The lowest BCUT2D eigenvalue weighted by Gasteiger charge is -2.35. The van der Waals surface area contributed by atoms with Gasteiger partial charge in [0.2, 0.25) is 5.91 Å². The molecule has 3 rings (SSSR count). The first kappa shape index (κ1) is 13.7. The van der Waals surface area contributed by atoms with Crippen molar-refractivity contribution >= 4 is 11.6 Å². The summed E-state index contributed by atoms with van der Waals surface area (Å²) in [4.78, 5) is 14.5. The molecule has 0 radical (unpaired) electrons. The van der Waals surface area contributed by atoms with Crippen molar-refractivity contribution in [3.05, 3.63) is 42.2 Å². The molecular weight excluding hydrogens is 266 g/mol. The van der Waals surface area contributed by atoms with E-state index in [1.54, 1.807) is 4.68 Å². The molecule has 110 valence electrons. The molecule has 1 atom stereocenters. The molecule has 1 aliphatic rings. The maximum Gasteiger partial charge on any atom is 0.227 e. The largest absolute Gasteiger partial charge is 0.489 e. The Hall–Kier alpha value is -2.30. The molecule has 0 N–H and O–H groups in total. The second-order valence-corrected chi connectivity index (χ2v) is 5.41. The molecule has 21 heavy (non-hydrogen) atoms. The Kier molecular flexibility index (Phi) is 3.64. The molecule has 0 saturated carbocycles. The standard InChI is InChI=1S/C16H19N3O2/c1-12-11-21-15-6-4-3-5-14(15)19(12)16(20)8-7-13-9-17-18(2)10-13/h3-6,9-10,12H,7-8,11H2,1-2H3. The summed E-state index contributed by atoms with van der Waals surface area (Å²) in [5.41, 5.74) is 1.95. The number of aryl methyl sites for hydroxylation is 2. The van der Waals surface area contributed by atoms with Gasteiger partial charge in [-0.05, 0) is 31.0 Å². The van der Waals surface area contributed by atoms with Gasteiger partial charge in [0.15, 0.2) is 0 Å². The van der Waals surface area contributed by atoms with E-state index in [2.05, 4.69) is 5.10 Å². The van der Waals surface area contributed by atoms with Gasteiger partial charge in [-0.1, -0.05) is 12.1 Å². The number of aromatic nitrogens is 2.